The lowest BCUT2D eigenvalue weighted by atomic mass is 10.2. The molecule has 0 saturated heterocycles. The summed E-state index contributed by atoms with van der Waals surface area (Å²) in [4.78, 5) is 18.7. The van der Waals surface area contributed by atoms with E-state index in [1.807, 2.05) is 0 Å². The fourth-order valence-corrected chi connectivity index (χ4v) is 2.65. The average molecular weight is 376 g/mol. The van der Waals surface area contributed by atoms with E-state index in [-0.39, 0.29) is 10.3 Å². The van der Waals surface area contributed by atoms with Gasteiger partial charge in [0.25, 0.3) is 5.56 Å². The van der Waals surface area contributed by atoms with Gasteiger partial charge in [0.1, 0.15) is 11.4 Å². The van der Waals surface area contributed by atoms with Crippen molar-refractivity contribution in [2.24, 2.45) is 4.99 Å². The molecule has 0 spiro atoms. The maximum absolute atomic E-state index is 13.1. The fraction of sp³-hybridized carbons (Fsp3) is 0. The van der Waals surface area contributed by atoms with Gasteiger partial charge in [-0.25, -0.2) is 4.39 Å². The normalized spacial score (nSPS) is 11.1. The molecule has 3 rings (SSSR count). The molecule has 1 aromatic heterocycles. The minimum atomic E-state index is -0.591. The molecule has 0 aliphatic carbocycles. The number of hydrogen-bond donors (Lipinski definition) is 2. The van der Waals surface area contributed by atoms with Crippen molar-refractivity contribution >= 4 is 35.7 Å². The Morgan fingerprint density at radius 1 is 1.24 bits per heavy atom. The van der Waals surface area contributed by atoms with Gasteiger partial charge in [0.2, 0.25) is 5.88 Å². The third kappa shape index (κ3) is 3.67. The molecule has 0 bridgehead atoms. The van der Waals surface area contributed by atoms with Crippen LogP contribution < -0.4 is 5.56 Å². The van der Waals surface area contributed by atoms with Gasteiger partial charge >= 0.3 is 0 Å². The fourth-order valence-electron chi connectivity index (χ4n) is 2.18. The van der Waals surface area contributed by atoms with Crippen LogP contribution in [0.1, 0.15) is 5.56 Å². The summed E-state index contributed by atoms with van der Waals surface area (Å²) in [5.74, 6) is -0.826. The summed E-state index contributed by atoms with van der Waals surface area (Å²) >= 11 is 11.0. The topological polar surface area (TPSA) is 70.4 Å². The van der Waals surface area contributed by atoms with Gasteiger partial charge in [0, 0.05) is 11.2 Å². The third-order valence-corrected chi connectivity index (χ3v) is 3.88. The molecule has 0 aliphatic rings. The summed E-state index contributed by atoms with van der Waals surface area (Å²) in [6.07, 6.45) is 1.22. The van der Waals surface area contributed by atoms with E-state index in [2.05, 4.69) is 9.98 Å². The van der Waals surface area contributed by atoms with Crippen LogP contribution in [-0.4, -0.2) is 20.9 Å². The van der Waals surface area contributed by atoms with Crippen molar-refractivity contribution < 1.29 is 9.50 Å². The average Bonchev–Trinajstić information content (AvgIpc) is 2.56. The number of halogens is 2. The predicted molar refractivity (Wildman–Crippen MR) is 97.6 cm³/mol. The van der Waals surface area contributed by atoms with Crippen LogP contribution >= 0.6 is 23.8 Å². The number of benzene rings is 2. The molecule has 0 aliphatic heterocycles. The van der Waals surface area contributed by atoms with E-state index in [9.17, 15) is 14.3 Å². The summed E-state index contributed by atoms with van der Waals surface area (Å²) in [5, 5.41) is 11.0. The lowest BCUT2D eigenvalue weighted by Gasteiger charge is -2.11. The first-order valence-electron chi connectivity index (χ1n) is 7.09. The molecule has 0 fully saturated rings. The number of nitrogens with one attached hydrogen (secondary N) is 1. The van der Waals surface area contributed by atoms with E-state index in [1.54, 1.807) is 24.3 Å². The lowest BCUT2D eigenvalue weighted by molar-refractivity contribution is 0.432. The second-order valence-corrected chi connectivity index (χ2v) is 5.87. The molecule has 3 aromatic rings. The summed E-state index contributed by atoms with van der Waals surface area (Å²) in [5.41, 5.74) is 0.240. The van der Waals surface area contributed by atoms with Gasteiger partial charge in [-0.1, -0.05) is 17.7 Å². The summed E-state index contributed by atoms with van der Waals surface area (Å²) in [6, 6.07) is 12.0. The molecule has 0 radical (unpaired) electrons. The molecular formula is C17H11ClFN3O2S. The molecule has 0 saturated carbocycles. The Bertz CT molecular complexity index is 1070. The Balaban J connectivity index is 2.12. The molecule has 0 unspecified atom stereocenters. The Morgan fingerprint density at radius 3 is 2.64 bits per heavy atom. The molecule has 0 amide bonds. The summed E-state index contributed by atoms with van der Waals surface area (Å²) < 4.78 is 14.3. The highest BCUT2D eigenvalue weighted by molar-refractivity contribution is 7.71. The van der Waals surface area contributed by atoms with Gasteiger partial charge in [-0.05, 0) is 54.7 Å². The maximum atomic E-state index is 13.1. The summed E-state index contributed by atoms with van der Waals surface area (Å²) in [7, 11) is 0. The van der Waals surface area contributed by atoms with E-state index in [0.29, 0.717) is 16.4 Å². The Morgan fingerprint density at radius 2 is 1.96 bits per heavy atom. The number of aromatic amines is 1. The van der Waals surface area contributed by atoms with Crippen LogP contribution in [0.5, 0.6) is 5.88 Å². The van der Waals surface area contributed by atoms with Crippen molar-refractivity contribution in [3.63, 3.8) is 0 Å². The van der Waals surface area contributed by atoms with Crippen molar-refractivity contribution in [1.29, 1.82) is 0 Å². The molecule has 25 heavy (non-hydrogen) atoms. The van der Waals surface area contributed by atoms with Crippen molar-refractivity contribution in [3.8, 4) is 11.6 Å². The highest BCUT2D eigenvalue weighted by Gasteiger charge is 2.12. The van der Waals surface area contributed by atoms with E-state index in [1.165, 1.54) is 35.0 Å². The largest absolute Gasteiger partial charge is 0.494 e. The summed E-state index contributed by atoms with van der Waals surface area (Å²) in [6.45, 7) is 0. The molecule has 0 atom stereocenters. The van der Waals surface area contributed by atoms with Gasteiger partial charge in [-0.15, -0.1) is 0 Å². The quantitative estimate of drug-likeness (QED) is 0.533. The van der Waals surface area contributed by atoms with E-state index in [4.69, 9.17) is 23.8 Å². The van der Waals surface area contributed by atoms with Crippen molar-refractivity contribution in [1.82, 2.24) is 9.55 Å². The predicted octanol–water partition coefficient (Wildman–Crippen LogP) is 4.14. The van der Waals surface area contributed by atoms with Gasteiger partial charge in [-0.2, -0.15) is 0 Å². The number of rotatable bonds is 3. The molecule has 126 valence electrons. The lowest BCUT2D eigenvalue weighted by Crippen LogP contribution is -2.18. The Kier molecular flexibility index (Phi) is 4.78. The first-order chi connectivity index (χ1) is 12.0. The van der Waals surface area contributed by atoms with Gasteiger partial charge in [-0.3, -0.25) is 19.3 Å². The minimum Gasteiger partial charge on any atom is -0.494 e. The molecular weight excluding hydrogens is 365 g/mol. The maximum Gasteiger partial charge on any atom is 0.264 e. The van der Waals surface area contributed by atoms with Gasteiger partial charge in [0.15, 0.2) is 4.77 Å². The van der Waals surface area contributed by atoms with Gasteiger partial charge in [0.05, 0.1) is 11.4 Å². The highest BCUT2D eigenvalue weighted by atomic mass is 35.5. The van der Waals surface area contributed by atoms with E-state index in [0.717, 1.165) is 0 Å². The van der Waals surface area contributed by atoms with Crippen molar-refractivity contribution in [2.75, 3.05) is 0 Å². The van der Waals surface area contributed by atoms with Crippen LogP contribution in [0.2, 0.25) is 5.02 Å². The first kappa shape index (κ1) is 17.1. The van der Waals surface area contributed by atoms with Crippen LogP contribution in [0, 0.1) is 10.6 Å². The molecule has 5 nitrogen and oxygen atoms in total. The monoisotopic (exact) mass is 375 g/mol. The van der Waals surface area contributed by atoms with Crippen LogP contribution in [0.15, 0.2) is 58.3 Å². The number of hydrogen-bond acceptors (Lipinski definition) is 4. The zero-order valence-electron chi connectivity index (χ0n) is 12.6. The van der Waals surface area contributed by atoms with Crippen LogP contribution in [0.25, 0.3) is 5.69 Å². The highest BCUT2D eigenvalue weighted by Crippen LogP contribution is 2.21. The molecule has 2 N–H and O–H groups in total. The van der Waals surface area contributed by atoms with Crippen LogP contribution in [-0.2, 0) is 0 Å². The number of aromatic nitrogens is 2. The zero-order chi connectivity index (χ0) is 18.0. The van der Waals surface area contributed by atoms with E-state index < -0.39 is 17.3 Å². The second-order valence-electron chi connectivity index (χ2n) is 5.05. The zero-order valence-corrected chi connectivity index (χ0v) is 14.2. The first-order valence-corrected chi connectivity index (χ1v) is 7.88. The second kappa shape index (κ2) is 7.00. The minimum absolute atomic E-state index is 0.0194. The number of nitrogens with zero attached hydrogens (tertiary/aromatic N) is 2. The van der Waals surface area contributed by atoms with Crippen molar-refractivity contribution in [3.05, 3.63) is 80.1 Å². The van der Waals surface area contributed by atoms with Crippen LogP contribution in [0.4, 0.5) is 10.1 Å². The number of H-pyrrole nitrogens is 1. The number of aliphatic imine (C=N–C) groups is 1. The number of aromatic hydroxyl groups is 1. The molecule has 2 aromatic carbocycles. The van der Waals surface area contributed by atoms with E-state index >= 15 is 0 Å². The Labute approximate surface area is 151 Å². The Hall–Kier alpha value is -2.77. The molecule has 1 heterocycles. The third-order valence-electron chi connectivity index (χ3n) is 3.36. The smallest absolute Gasteiger partial charge is 0.264 e. The van der Waals surface area contributed by atoms with Crippen LogP contribution in [0.3, 0.4) is 0 Å². The van der Waals surface area contributed by atoms with Crippen molar-refractivity contribution in [2.45, 2.75) is 0 Å². The SMILES string of the molecule is O=c1[nH]c(=S)n(-c2ccc(F)cc2)c(O)c1C=Nc1cccc(Cl)c1. The van der Waals surface area contributed by atoms with Gasteiger partial charge < -0.3 is 5.11 Å². The standard InChI is InChI=1S/C17H11ClFN3O2S/c18-10-2-1-3-12(8-10)20-9-14-15(23)21-17(25)22(16(14)24)13-6-4-11(19)5-7-13/h1-9,24H,(H,21,23,25). The molecule has 8 heteroatoms.